The van der Waals surface area contributed by atoms with Gasteiger partial charge >= 0.3 is 5.97 Å². The summed E-state index contributed by atoms with van der Waals surface area (Å²) in [5.74, 6) is 0.525. The zero-order valence-electron chi connectivity index (χ0n) is 17.5. The monoisotopic (exact) mass is 465 g/mol. The number of esters is 1. The van der Waals surface area contributed by atoms with E-state index in [1.54, 1.807) is 61.7 Å². The highest BCUT2D eigenvalue weighted by Gasteiger charge is 2.17. The summed E-state index contributed by atoms with van der Waals surface area (Å²) in [7, 11) is -2.21. The Bertz CT molecular complexity index is 1340. The number of sulfonamides is 1. The maximum atomic E-state index is 12.5. The van der Waals surface area contributed by atoms with Crippen LogP contribution >= 0.6 is 0 Å². The molecule has 0 saturated carbocycles. The minimum Gasteiger partial charge on any atom is -0.497 e. The first-order chi connectivity index (χ1) is 15.9. The summed E-state index contributed by atoms with van der Waals surface area (Å²) in [6, 6.07) is 21.0. The third kappa shape index (κ3) is 5.36. The number of ether oxygens (including phenoxy) is 2. The number of methoxy groups -OCH3 is 1. The van der Waals surface area contributed by atoms with E-state index in [-0.39, 0.29) is 28.8 Å². The van der Waals surface area contributed by atoms with Crippen molar-refractivity contribution in [2.75, 3.05) is 11.8 Å². The number of nitrogens with zero attached hydrogens (tertiary/aromatic N) is 2. The molecule has 4 rings (SSSR count). The number of anilines is 1. The predicted octanol–water partition coefficient (Wildman–Crippen LogP) is 3.90. The second-order valence-electron chi connectivity index (χ2n) is 6.82. The zero-order chi connectivity index (χ0) is 23.3. The average Bonchev–Trinajstić information content (AvgIpc) is 3.32. The second-order valence-corrected chi connectivity index (χ2v) is 8.50. The van der Waals surface area contributed by atoms with Crippen molar-refractivity contribution in [1.29, 1.82) is 0 Å². The van der Waals surface area contributed by atoms with Crippen LogP contribution in [0.15, 0.2) is 88.3 Å². The number of nitrogens with one attached hydrogen (secondary N) is 1. The largest absolute Gasteiger partial charge is 0.497 e. The van der Waals surface area contributed by atoms with Gasteiger partial charge in [-0.15, -0.1) is 0 Å². The molecule has 9 nitrogen and oxygen atoms in total. The molecule has 1 aromatic heterocycles. The predicted molar refractivity (Wildman–Crippen MR) is 119 cm³/mol. The van der Waals surface area contributed by atoms with Crippen LogP contribution in [0.1, 0.15) is 16.2 Å². The Morgan fingerprint density at radius 1 is 0.970 bits per heavy atom. The first-order valence-corrected chi connectivity index (χ1v) is 11.2. The lowest BCUT2D eigenvalue weighted by molar-refractivity contribution is 0.0459. The van der Waals surface area contributed by atoms with Gasteiger partial charge in [-0.25, -0.2) is 13.2 Å². The minimum absolute atomic E-state index is 0.0187. The zero-order valence-corrected chi connectivity index (χ0v) is 18.3. The molecule has 1 N–H and O–H groups in total. The van der Waals surface area contributed by atoms with E-state index in [4.69, 9.17) is 14.0 Å². The molecule has 4 aromatic rings. The fraction of sp³-hybridized carbons (Fsp3) is 0.0870. The Morgan fingerprint density at radius 2 is 1.67 bits per heavy atom. The molecule has 10 heteroatoms. The van der Waals surface area contributed by atoms with Crippen molar-refractivity contribution >= 4 is 21.7 Å². The SMILES string of the molecule is COc1ccc(-c2nc(COC(=O)c3ccc(S(=O)(=O)Nc4ccccc4)cc3)no2)cc1. The van der Waals surface area contributed by atoms with E-state index in [0.717, 1.165) is 0 Å². The van der Waals surface area contributed by atoms with E-state index in [1.165, 1.54) is 24.3 Å². The van der Waals surface area contributed by atoms with Gasteiger partial charge in [0, 0.05) is 11.3 Å². The summed E-state index contributed by atoms with van der Waals surface area (Å²) in [5.41, 5.74) is 1.32. The molecule has 1 heterocycles. The molecular weight excluding hydrogens is 446 g/mol. The average molecular weight is 465 g/mol. The number of hydrogen-bond acceptors (Lipinski definition) is 8. The number of benzene rings is 3. The van der Waals surface area contributed by atoms with Crippen LogP contribution in [-0.4, -0.2) is 31.6 Å². The summed E-state index contributed by atoms with van der Waals surface area (Å²) in [5, 5.41) is 3.80. The van der Waals surface area contributed by atoms with E-state index < -0.39 is 16.0 Å². The number of aromatic nitrogens is 2. The molecule has 0 fully saturated rings. The minimum atomic E-state index is -3.78. The summed E-state index contributed by atoms with van der Waals surface area (Å²) < 4.78 is 43.0. The van der Waals surface area contributed by atoms with Gasteiger partial charge in [0.25, 0.3) is 15.9 Å². The van der Waals surface area contributed by atoms with Crippen LogP contribution in [0.3, 0.4) is 0 Å². The van der Waals surface area contributed by atoms with Crippen molar-refractivity contribution in [3.05, 3.63) is 90.3 Å². The van der Waals surface area contributed by atoms with Crippen LogP contribution in [0.2, 0.25) is 0 Å². The number of carbonyl (C=O) groups is 1. The Kier molecular flexibility index (Phi) is 6.36. The van der Waals surface area contributed by atoms with Gasteiger partial charge in [-0.05, 0) is 60.7 Å². The highest BCUT2D eigenvalue weighted by Crippen LogP contribution is 2.21. The first-order valence-electron chi connectivity index (χ1n) is 9.77. The van der Waals surface area contributed by atoms with Crippen LogP contribution in [0.25, 0.3) is 11.5 Å². The van der Waals surface area contributed by atoms with Gasteiger partial charge in [-0.2, -0.15) is 4.98 Å². The molecule has 0 saturated heterocycles. The molecule has 0 atom stereocenters. The number of para-hydroxylation sites is 1. The fourth-order valence-corrected chi connectivity index (χ4v) is 3.93. The highest BCUT2D eigenvalue weighted by molar-refractivity contribution is 7.92. The molecule has 0 radical (unpaired) electrons. The van der Waals surface area contributed by atoms with Crippen LogP contribution in [-0.2, 0) is 21.4 Å². The van der Waals surface area contributed by atoms with Gasteiger partial charge in [-0.1, -0.05) is 23.4 Å². The van der Waals surface area contributed by atoms with Gasteiger partial charge in [-0.3, -0.25) is 4.72 Å². The quantitative estimate of drug-likeness (QED) is 0.389. The molecule has 0 bridgehead atoms. The summed E-state index contributed by atoms with van der Waals surface area (Å²) >= 11 is 0. The fourth-order valence-electron chi connectivity index (χ4n) is 2.87. The van der Waals surface area contributed by atoms with Gasteiger partial charge in [0.2, 0.25) is 5.82 Å². The van der Waals surface area contributed by atoms with E-state index >= 15 is 0 Å². The smallest absolute Gasteiger partial charge is 0.338 e. The molecule has 168 valence electrons. The maximum Gasteiger partial charge on any atom is 0.338 e. The third-order valence-electron chi connectivity index (χ3n) is 4.56. The van der Waals surface area contributed by atoms with Gasteiger partial charge in [0.05, 0.1) is 17.6 Å². The van der Waals surface area contributed by atoms with Gasteiger partial charge < -0.3 is 14.0 Å². The van der Waals surface area contributed by atoms with Crippen molar-refractivity contribution < 1.29 is 27.2 Å². The van der Waals surface area contributed by atoms with Crippen LogP contribution in [0, 0.1) is 0 Å². The summed E-state index contributed by atoms with van der Waals surface area (Å²) in [4.78, 5) is 16.6. The van der Waals surface area contributed by atoms with Crippen molar-refractivity contribution in [3.63, 3.8) is 0 Å². The molecule has 0 aliphatic heterocycles. The van der Waals surface area contributed by atoms with Gasteiger partial charge in [0.1, 0.15) is 5.75 Å². The summed E-state index contributed by atoms with van der Waals surface area (Å²) in [6.45, 7) is -0.200. The van der Waals surface area contributed by atoms with Crippen molar-refractivity contribution in [3.8, 4) is 17.2 Å². The topological polar surface area (TPSA) is 121 Å². The Morgan fingerprint density at radius 3 is 2.33 bits per heavy atom. The van der Waals surface area contributed by atoms with E-state index in [1.807, 2.05) is 0 Å². The molecule has 3 aromatic carbocycles. The first kappa shape index (κ1) is 22.0. The number of hydrogen-bond donors (Lipinski definition) is 1. The Balaban J connectivity index is 1.37. The Hall–Kier alpha value is -4.18. The van der Waals surface area contributed by atoms with E-state index in [0.29, 0.717) is 17.0 Å². The van der Waals surface area contributed by atoms with E-state index in [9.17, 15) is 13.2 Å². The van der Waals surface area contributed by atoms with Crippen molar-refractivity contribution in [2.24, 2.45) is 0 Å². The number of carbonyl (C=O) groups excluding carboxylic acids is 1. The molecule has 0 spiro atoms. The highest BCUT2D eigenvalue weighted by atomic mass is 32.2. The van der Waals surface area contributed by atoms with Crippen molar-refractivity contribution in [2.45, 2.75) is 11.5 Å². The molecular formula is C23H19N3O6S. The standard InChI is InChI=1S/C23H19N3O6S/c1-30-19-11-7-16(8-12-19)22-24-21(25-32-22)15-31-23(27)17-9-13-20(14-10-17)33(28,29)26-18-5-3-2-4-6-18/h2-14,26H,15H2,1H3. The lowest BCUT2D eigenvalue weighted by Crippen LogP contribution is -2.13. The maximum absolute atomic E-state index is 12.5. The Labute approximate surface area is 190 Å². The molecule has 33 heavy (non-hydrogen) atoms. The molecule has 0 aliphatic carbocycles. The van der Waals surface area contributed by atoms with E-state index in [2.05, 4.69) is 14.9 Å². The van der Waals surface area contributed by atoms with Crippen LogP contribution in [0.5, 0.6) is 5.75 Å². The third-order valence-corrected chi connectivity index (χ3v) is 5.96. The van der Waals surface area contributed by atoms with Gasteiger partial charge in [0.15, 0.2) is 6.61 Å². The molecule has 0 aliphatic rings. The van der Waals surface area contributed by atoms with Crippen molar-refractivity contribution in [1.82, 2.24) is 10.1 Å². The molecule has 0 amide bonds. The van der Waals surface area contributed by atoms with Crippen LogP contribution < -0.4 is 9.46 Å². The second kappa shape index (κ2) is 9.53. The summed E-state index contributed by atoms with van der Waals surface area (Å²) in [6.07, 6.45) is 0. The number of rotatable bonds is 8. The van der Waals surface area contributed by atoms with Crippen LogP contribution in [0.4, 0.5) is 5.69 Å². The lowest BCUT2D eigenvalue weighted by atomic mass is 10.2. The molecule has 0 unspecified atom stereocenters. The lowest BCUT2D eigenvalue weighted by Gasteiger charge is -2.08. The normalized spacial score (nSPS) is 11.1.